The van der Waals surface area contributed by atoms with E-state index >= 15 is 0 Å². The van der Waals surface area contributed by atoms with Crippen LogP contribution < -0.4 is 0 Å². The normalized spacial score (nSPS) is 13.0. The topological polar surface area (TPSA) is 43.4 Å². The molecule has 0 aliphatic heterocycles. The molecule has 1 atom stereocenters. The van der Waals surface area contributed by atoms with Crippen LogP contribution in [-0.4, -0.2) is 11.8 Å². The Labute approximate surface area is 168 Å². The number of rotatable bonds is 10. The van der Waals surface area contributed by atoms with Crippen LogP contribution in [0.4, 0.5) is 0 Å². The maximum absolute atomic E-state index is 13.6. The highest BCUT2D eigenvalue weighted by molar-refractivity contribution is 6.04. The summed E-state index contributed by atoms with van der Waals surface area (Å²) < 4.78 is 5.92. The molecule has 0 aliphatic carbocycles. The number of benzene rings is 2. The summed E-state index contributed by atoms with van der Waals surface area (Å²) in [6.07, 6.45) is 3.27. The summed E-state index contributed by atoms with van der Waals surface area (Å²) >= 11 is 0. The Morgan fingerprint density at radius 2 is 1.54 bits per heavy atom. The fraction of sp³-hybridized carbons (Fsp3) is 0.360. The average molecular weight is 379 g/mol. The van der Waals surface area contributed by atoms with Crippen molar-refractivity contribution >= 4 is 11.8 Å². The SMILES string of the molecule is C=C(C)C(=O)OC(CCCCC(C)C)(C(=O)c1ccccc1)c1ccccc1. The summed E-state index contributed by atoms with van der Waals surface area (Å²) in [4.78, 5) is 26.2. The molecule has 0 saturated heterocycles. The van der Waals surface area contributed by atoms with Crippen molar-refractivity contribution < 1.29 is 14.3 Å². The average Bonchev–Trinajstić information content (AvgIpc) is 2.70. The molecule has 2 aromatic rings. The minimum atomic E-state index is -1.35. The first-order valence-electron chi connectivity index (χ1n) is 9.91. The van der Waals surface area contributed by atoms with Gasteiger partial charge in [0.2, 0.25) is 5.78 Å². The summed E-state index contributed by atoms with van der Waals surface area (Å²) in [5.74, 6) is -0.149. The van der Waals surface area contributed by atoms with Gasteiger partial charge >= 0.3 is 5.97 Å². The molecule has 3 heteroatoms. The van der Waals surface area contributed by atoms with Crippen molar-refractivity contribution in [2.75, 3.05) is 0 Å². The number of Topliss-reactive ketones (excluding diaryl/α,β-unsaturated/α-hetero) is 1. The Balaban J connectivity index is 2.48. The molecule has 0 aromatic heterocycles. The van der Waals surface area contributed by atoms with E-state index in [9.17, 15) is 9.59 Å². The van der Waals surface area contributed by atoms with Crippen LogP contribution in [0, 0.1) is 5.92 Å². The third kappa shape index (κ3) is 5.41. The van der Waals surface area contributed by atoms with Gasteiger partial charge in [-0.25, -0.2) is 4.79 Å². The highest BCUT2D eigenvalue weighted by Crippen LogP contribution is 2.36. The zero-order chi connectivity index (χ0) is 20.6. The number of ether oxygens (including phenoxy) is 1. The van der Waals surface area contributed by atoms with Crippen molar-refractivity contribution in [1.82, 2.24) is 0 Å². The zero-order valence-corrected chi connectivity index (χ0v) is 17.1. The maximum atomic E-state index is 13.6. The predicted molar refractivity (Wildman–Crippen MR) is 113 cm³/mol. The van der Waals surface area contributed by atoms with Gasteiger partial charge in [0.15, 0.2) is 5.60 Å². The van der Waals surface area contributed by atoms with Crippen LogP contribution in [0.25, 0.3) is 0 Å². The molecular formula is C25H30O3. The van der Waals surface area contributed by atoms with Crippen LogP contribution in [0.2, 0.25) is 0 Å². The molecule has 0 N–H and O–H groups in total. The van der Waals surface area contributed by atoms with Gasteiger partial charge < -0.3 is 4.74 Å². The molecule has 2 rings (SSSR count). The van der Waals surface area contributed by atoms with Crippen molar-refractivity contribution in [3.8, 4) is 0 Å². The third-order valence-corrected chi connectivity index (χ3v) is 4.82. The lowest BCUT2D eigenvalue weighted by Crippen LogP contribution is -2.41. The van der Waals surface area contributed by atoms with E-state index in [0.717, 1.165) is 19.3 Å². The number of hydrogen-bond acceptors (Lipinski definition) is 3. The number of unbranched alkanes of at least 4 members (excludes halogenated alkanes) is 1. The van der Waals surface area contributed by atoms with Gasteiger partial charge in [0, 0.05) is 16.7 Å². The minimum absolute atomic E-state index is 0.196. The van der Waals surface area contributed by atoms with E-state index in [0.29, 0.717) is 23.5 Å². The van der Waals surface area contributed by atoms with E-state index < -0.39 is 11.6 Å². The van der Waals surface area contributed by atoms with Gasteiger partial charge in [0.05, 0.1) is 0 Å². The van der Waals surface area contributed by atoms with Crippen molar-refractivity contribution in [3.05, 3.63) is 83.9 Å². The second-order valence-electron chi connectivity index (χ2n) is 7.70. The van der Waals surface area contributed by atoms with E-state index in [2.05, 4.69) is 20.4 Å². The van der Waals surface area contributed by atoms with Crippen LogP contribution in [0.3, 0.4) is 0 Å². The smallest absolute Gasteiger partial charge is 0.334 e. The van der Waals surface area contributed by atoms with Gasteiger partial charge in [-0.1, -0.05) is 93.9 Å². The molecule has 0 fully saturated rings. The molecule has 28 heavy (non-hydrogen) atoms. The van der Waals surface area contributed by atoms with E-state index in [-0.39, 0.29) is 11.4 Å². The van der Waals surface area contributed by atoms with E-state index in [1.54, 1.807) is 19.1 Å². The maximum Gasteiger partial charge on any atom is 0.334 e. The molecule has 2 aromatic carbocycles. The fourth-order valence-corrected chi connectivity index (χ4v) is 3.25. The summed E-state index contributed by atoms with van der Waals surface area (Å²) in [7, 11) is 0. The number of ketones is 1. The van der Waals surface area contributed by atoms with Gasteiger partial charge in [-0.15, -0.1) is 0 Å². The first-order valence-corrected chi connectivity index (χ1v) is 9.91. The van der Waals surface area contributed by atoms with Crippen LogP contribution in [0.5, 0.6) is 0 Å². The summed E-state index contributed by atoms with van der Waals surface area (Å²) in [5, 5.41) is 0. The lowest BCUT2D eigenvalue weighted by Gasteiger charge is -2.33. The van der Waals surface area contributed by atoms with Gasteiger partial charge in [-0.2, -0.15) is 0 Å². The molecule has 0 spiro atoms. The minimum Gasteiger partial charge on any atom is -0.442 e. The first-order chi connectivity index (χ1) is 13.4. The lowest BCUT2D eigenvalue weighted by molar-refractivity contribution is -0.152. The molecule has 0 aliphatic rings. The fourth-order valence-electron chi connectivity index (χ4n) is 3.25. The monoisotopic (exact) mass is 378 g/mol. The number of carbonyl (C=O) groups excluding carboxylic acids is 2. The van der Waals surface area contributed by atoms with E-state index in [4.69, 9.17) is 4.74 Å². The Bertz CT molecular complexity index is 793. The Kier molecular flexibility index (Phi) is 7.74. The van der Waals surface area contributed by atoms with Gasteiger partial charge in [0.1, 0.15) is 0 Å². The highest BCUT2D eigenvalue weighted by atomic mass is 16.6. The molecule has 1 unspecified atom stereocenters. The number of carbonyl (C=O) groups is 2. The quantitative estimate of drug-likeness (QED) is 0.217. The van der Waals surface area contributed by atoms with Gasteiger partial charge in [-0.05, 0) is 25.7 Å². The van der Waals surface area contributed by atoms with Gasteiger partial charge in [-0.3, -0.25) is 4.79 Å². The number of hydrogen-bond donors (Lipinski definition) is 0. The van der Waals surface area contributed by atoms with Crippen molar-refractivity contribution in [2.24, 2.45) is 5.92 Å². The largest absolute Gasteiger partial charge is 0.442 e. The van der Waals surface area contributed by atoms with Crippen molar-refractivity contribution in [1.29, 1.82) is 0 Å². The first kappa shape index (κ1) is 21.6. The summed E-state index contributed by atoms with van der Waals surface area (Å²) in [6, 6.07) is 18.4. The summed E-state index contributed by atoms with van der Waals surface area (Å²) in [6.45, 7) is 9.66. The third-order valence-electron chi connectivity index (χ3n) is 4.82. The van der Waals surface area contributed by atoms with Crippen LogP contribution >= 0.6 is 0 Å². The molecule has 0 saturated carbocycles. The molecule has 0 heterocycles. The Morgan fingerprint density at radius 1 is 0.964 bits per heavy atom. The Hall–Kier alpha value is -2.68. The van der Waals surface area contributed by atoms with Crippen LogP contribution in [-0.2, 0) is 15.1 Å². The molecule has 0 radical (unpaired) electrons. The van der Waals surface area contributed by atoms with E-state index in [1.165, 1.54) is 0 Å². The standard InChI is InChI=1S/C25H30O3/c1-19(2)13-11-12-18-25(28-24(27)20(3)4,22-16-9-6-10-17-22)23(26)21-14-7-5-8-15-21/h5-10,14-17,19H,3,11-13,18H2,1-2,4H3. The van der Waals surface area contributed by atoms with E-state index in [1.807, 2.05) is 48.5 Å². The molecule has 3 nitrogen and oxygen atoms in total. The van der Waals surface area contributed by atoms with Crippen molar-refractivity contribution in [3.63, 3.8) is 0 Å². The lowest BCUT2D eigenvalue weighted by atomic mass is 9.81. The van der Waals surface area contributed by atoms with Gasteiger partial charge in [0.25, 0.3) is 0 Å². The molecule has 148 valence electrons. The van der Waals surface area contributed by atoms with Crippen LogP contribution in [0.15, 0.2) is 72.8 Å². The summed E-state index contributed by atoms with van der Waals surface area (Å²) in [5.41, 5.74) is 0.159. The second-order valence-corrected chi connectivity index (χ2v) is 7.70. The van der Waals surface area contributed by atoms with Crippen molar-refractivity contribution in [2.45, 2.75) is 52.1 Å². The molecule has 0 bridgehead atoms. The van der Waals surface area contributed by atoms with Crippen LogP contribution in [0.1, 0.15) is 62.4 Å². The highest BCUT2D eigenvalue weighted by Gasteiger charge is 2.44. The molecular weight excluding hydrogens is 348 g/mol. The molecule has 0 amide bonds. The zero-order valence-electron chi connectivity index (χ0n) is 17.1. The Morgan fingerprint density at radius 3 is 2.07 bits per heavy atom. The second kappa shape index (κ2) is 10.0. The predicted octanol–water partition coefficient (Wildman–Crippen LogP) is 6.10. The number of esters is 1.